The van der Waals surface area contributed by atoms with Crippen LogP contribution in [0.3, 0.4) is 0 Å². The standard InChI is InChI=1S/C15H14ClN3/c1-2-19-13-9-4-3-8-12(13)18-15(19)10-6-5-7-11(16)14(10)17/h3-9H,2,17H2,1H3. The first kappa shape index (κ1) is 12.1. The van der Waals surface area contributed by atoms with Crippen molar-refractivity contribution in [1.82, 2.24) is 9.55 Å². The van der Waals surface area contributed by atoms with Crippen LogP contribution in [0.2, 0.25) is 5.02 Å². The van der Waals surface area contributed by atoms with Crippen molar-refractivity contribution in [3.63, 3.8) is 0 Å². The molecule has 1 heterocycles. The zero-order valence-electron chi connectivity index (χ0n) is 10.6. The lowest BCUT2D eigenvalue weighted by Gasteiger charge is -2.09. The largest absolute Gasteiger partial charge is 0.397 e. The van der Waals surface area contributed by atoms with Gasteiger partial charge in [0.25, 0.3) is 0 Å². The Balaban J connectivity index is 2.33. The van der Waals surface area contributed by atoms with Crippen LogP contribution in [0.15, 0.2) is 42.5 Å². The van der Waals surface area contributed by atoms with Crippen LogP contribution in [0, 0.1) is 0 Å². The number of rotatable bonds is 2. The molecule has 4 heteroatoms. The number of nitrogen functional groups attached to an aromatic ring is 1. The number of hydrogen-bond donors (Lipinski definition) is 1. The average molecular weight is 272 g/mol. The Morgan fingerprint density at radius 2 is 1.95 bits per heavy atom. The van der Waals surface area contributed by atoms with E-state index in [1.807, 2.05) is 30.3 Å². The predicted octanol–water partition coefficient (Wildman–Crippen LogP) is 3.96. The molecule has 1 aromatic heterocycles. The second-order valence-electron chi connectivity index (χ2n) is 4.37. The molecule has 96 valence electrons. The van der Waals surface area contributed by atoms with Gasteiger partial charge in [-0.25, -0.2) is 4.98 Å². The number of aromatic nitrogens is 2. The van der Waals surface area contributed by atoms with Gasteiger partial charge in [-0.15, -0.1) is 0 Å². The molecule has 0 unspecified atom stereocenters. The Bertz CT molecular complexity index is 746. The summed E-state index contributed by atoms with van der Waals surface area (Å²) in [5.74, 6) is 0.865. The normalized spacial score (nSPS) is 11.1. The van der Waals surface area contributed by atoms with Crippen molar-refractivity contribution in [2.45, 2.75) is 13.5 Å². The molecule has 2 N–H and O–H groups in total. The monoisotopic (exact) mass is 271 g/mol. The molecule has 0 bridgehead atoms. The molecule has 0 saturated carbocycles. The molecular formula is C15H14ClN3. The number of nitrogens with zero attached hydrogens (tertiary/aromatic N) is 2. The van der Waals surface area contributed by atoms with Crippen LogP contribution in [0.5, 0.6) is 0 Å². The molecule has 0 atom stereocenters. The van der Waals surface area contributed by atoms with Gasteiger partial charge >= 0.3 is 0 Å². The van der Waals surface area contributed by atoms with Gasteiger partial charge in [0.15, 0.2) is 0 Å². The second kappa shape index (κ2) is 4.59. The van der Waals surface area contributed by atoms with Gasteiger partial charge in [0.05, 0.1) is 21.7 Å². The minimum absolute atomic E-state index is 0.562. The van der Waals surface area contributed by atoms with Crippen molar-refractivity contribution in [2.75, 3.05) is 5.73 Å². The lowest BCUT2D eigenvalue weighted by atomic mass is 10.1. The summed E-state index contributed by atoms with van der Waals surface area (Å²) >= 11 is 6.10. The summed E-state index contributed by atoms with van der Waals surface area (Å²) in [6.45, 7) is 2.93. The van der Waals surface area contributed by atoms with Gasteiger partial charge < -0.3 is 10.3 Å². The Morgan fingerprint density at radius 3 is 2.74 bits per heavy atom. The van der Waals surface area contributed by atoms with E-state index in [-0.39, 0.29) is 0 Å². The number of nitrogens with two attached hydrogens (primary N) is 1. The third kappa shape index (κ3) is 1.87. The molecule has 0 amide bonds. The summed E-state index contributed by atoms with van der Waals surface area (Å²) in [4.78, 5) is 4.68. The van der Waals surface area contributed by atoms with E-state index in [0.717, 1.165) is 29.0 Å². The van der Waals surface area contributed by atoms with Crippen molar-refractivity contribution in [3.8, 4) is 11.4 Å². The molecule has 0 aliphatic rings. The van der Waals surface area contributed by atoms with E-state index in [9.17, 15) is 0 Å². The number of aryl methyl sites for hydroxylation is 1. The molecule has 3 rings (SSSR count). The third-order valence-corrected chi connectivity index (χ3v) is 3.59. The highest BCUT2D eigenvalue weighted by molar-refractivity contribution is 6.33. The highest BCUT2D eigenvalue weighted by atomic mass is 35.5. The first-order valence-corrected chi connectivity index (χ1v) is 6.59. The van der Waals surface area contributed by atoms with Crippen LogP contribution >= 0.6 is 11.6 Å². The lowest BCUT2D eigenvalue weighted by Crippen LogP contribution is -2.00. The topological polar surface area (TPSA) is 43.8 Å². The summed E-state index contributed by atoms with van der Waals surface area (Å²) in [6.07, 6.45) is 0. The predicted molar refractivity (Wildman–Crippen MR) is 80.3 cm³/mol. The van der Waals surface area contributed by atoms with Crippen molar-refractivity contribution >= 4 is 28.3 Å². The molecular weight excluding hydrogens is 258 g/mol. The van der Waals surface area contributed by atoms with E-state index < -0.39 is 0 Å². The van der Waals surface area contributed by atoms with E-state index in [2.05, 4.69) is 22.5 Å². The van der Waals surface area contributed by atoms with E-state index in [0.29, 0.717) is 10.7 Å². The van der Waals surface area contributed by atoms with Crippen LogP contribution in [-0.4, -0.2) is 9.55 Å². The van der Waals surface area contributed by atoms with Crippen molar-refractivity contribution < 1.29 is 0 Å². The summed E-state index contributed by atoms with van der Waals surface area (Å²) in [7, 11) is 0. The van der Waals surface area contributed by atoms with E-state index >= 15 is 0 Å². The highest BCUT2D eigenvalue weighted by Gasteiger charge is 2.14. The molecule has 0 spiro atoms. The number of hydrogen-bond acceptors (Lipinski definition) is 2. The Kier molecular flexibility index (Phi) is 2.91. The quantitative estimate of drug-likeness (QED) is 0.717. The minimum Gasteiger partial charge on any atom is -0.397 e. The molecule has 0 radical (unpaired) electrons. The highest BCUT2D eigenvalue weighted by Crippen LogP contribution is 2.32. The van der Waals surface area contributed by atoms with Crippen molar-refractivity contribution in [2.24, 2.45) is 0 Å². The first-order chi connectivity index (χ1) is 9.22. The molecule has 0 fully saturated rings. The summed E-state index contributed by atoms with van der Waals surface area (Å²) < 4.78 is 2.15. The smallest absolute Gasteiger partial charge is 0.143 e. The minimum atomic E-state index is 0.562. The first-order valence-electron chi connectivity index (χ1n) is 6.22. The average Bonchev–Trinajstić information content (AvgIpc) is 2.80. The van der Waals surface area contributed by atoms with Gasteiger partial charge in [-0.2, -0.15) is 0 Å². The van der Waals surface area contributed by atoms with Crippen molar-refractivity contribution in [1.29, 1.82) is 0 Å². The van der Waals surface area contributed by atoms with Crippen molar-refractivity contribution in [3.05, 3.63) is 47.5 Å². The van der Waals surface area contributed by atoms with Crippen LogP contribution in [0.4, 0.5) is 5.69 Å². The molecule has 0 aliphatic carbocycles. The number of para-hydroxylation sites is 3. The summed E-state index contributed by atoms with van der Waals surface area (Å²) in [6, 6.07) is 13.7. The van der Waals surface area contributed by atoms with E-state index in [1.165, 1.54) is 0 Å². The Hall–Kier alpha value is -2.00. The SMILES string of the molecule is CCn1c(-c2cccc(Cl)c2N)nc2ccccc21. The molecule has 0 saturated heterocycles. The van der Waals surface area contributed by atoms with E-state index in [1.54, 1.807) is 6.07 Å². The number of benzene rings is 2. The van der Waals surface area contributed by atoms with Crippen LogP contribution in [0.1, 0.15) is 6.92 Å². The summed E-state index contributed by atoms with van der Waals surface area (Å²) in [5, 5.41) is 0.562. The number of imidazole rings is 1. The molecule has 19 heavy (non-hydrogen) atoms. The zero-order valence-corrected chi connectivity index (χ0v) is 11.4. The van der Waals surface area contributed by atoms with Crippen LogP contribution in [-0.2, 0) is 6.54 Å². The Labute approximate surface area is 116 Å². The molecule has 0 aliphatic heterocycles. The van der Waals surface area contributed by atoms with Crippen LogP contribution in [0.25, 0.3) is 22.4 Å². The summed E-state index contributed by atoms with van der Waals surface area (Å²) in [5.41, 5.74) is 9.61. The van der Waals surface area contributed by atoms with Gasteiger partial charge in [0.2, 0.25) is 0 Å². The zero-order chi connectivity index (χ0) is 13.4. The lowest BCUT2D eigenvalue weighted by molar-refractivity contribution is 0.796. The third-order valence-electron chi connectivity index (χ3n) is 3.26. The van der Waals surface area contributed by atoms with E-state index in [4.69, 9.17) is 17.3 Å². The number of anilines is 1. The molecule has 3 nitrogen and oxygen atoms in total. The van der Waals surface area contributed by atoms with Gasteiger partial charge in [-0.05, 0) is 31.2 Å². The fraction of sp³-hybridized carbons (Fsp3) is 0.133. The number of fused-ring (bicyclic) bond motifs is 1. The Morgan fingerprint density at radius 1 is 1.16 bits per heavy atom. The fourth-order valence-electron chi connectivity index (χ4n) is 2.33. The number of halogens is 1. The molecule has 3 aromatic rings. The maximum absolute atomic E-state index is 6.10. The van der Waals surface area contributed by atoms with Gasteiger partial charge in [0.1, 0.15) is 5.82 Å². The maximum Gasteiger partial charge on any atom is 0.143 e. The second-order valence-corrected chi connectivity index (χ2v) is 4.78. The van der Waals surface area contributed by atoms with Gasteiger partial charge in [-0.1, -0.05) is 29.8 Å². The van der Waals surface area contributed by atoms with Gasteiger partial charge in [-0.3, -0.25) is 0 Å². The van der Waals surface area contributed by atoms with Crippen LogP contribution < -0.4 is 5.73 Å². The maximum atomic E-state index is 6.10. The molecule has 2 aromatic carbocycles. The van der Waals surface area contributed by atoms with Gasteiger partial charge in [0, 0.05) is 12.1 Å². The fourth-order valence-corrected chi connectivity index (χ4v) is 2.51.